The van der Waals surface area contributed by atoms with Gasteiger partial charge >= 0.3 is 0 Å². The minimum atomic E-state index is -0.467. The molecule has 3 aromatic rings. The Labute approximate surface area is 203 Å². The summed E-state index contributed by atoms with van der Waals surface area (Å²) in [4.78, 5) is 30.9. The number of carbonyl (C=O) groups excluding carboxylic acids is 1. The van der Waals surface area contributed by atoms with Crippen LogP contribution < -0.4 is 10.9 Å². The highest BCUT2D eigenvalue weighted by Crippen LogP contribution is 2.26. The zero-order chi connectivity index (χ0) is 24.1. The summed E-state index contributed by atoms with van der Waals surface area (Å²) in [6, 6.07) is 10.9. The lowest BCUT2D eigenvalue weighted by Gasteiger charge is -2.18. The van der Waals surface area contributed by atoms with E-state index in [2.05, 4.69) is 5.32 Å². The molecule has 1 heterocycles. The summed E-state index contributed by atoms with van der Waals surface area (Å²) >= 11 is 7.40. The van der Waals surface area contributed by atoms with Crippen LogP contribution in [0.2, 0.25) is 5.02 Å². The zero-order valence-electron chi connectivity index (χ0n) is 19.6. The third-order valence-corrected chi connectivity index (χ3v) is 6.57. The molecule has 0 radical (unpaired) electrons. The first-order valence-electron chi connectivity index (χ1n) is 11.0. The maximum Gasteiger partial charge on any atom is 0.262 e. The van der Waals surface area contributed by atoms with Crippen LogP contribution >= 0.6 is 23.4 Å². The molecule has 0 aliphatic rings. The van der Waals surface area contributed by atoms with E-state index in [1.54, 1.807) is 22.8 Å². The molecule has 0 saturated heterocycles. The van der Waals surface area contributed by atoms with Crippen LogP contribution in [0.4, 0.5) is 5.69 Å². The maximum atomic E-state index is 13.2. The number of ether oxygens (including phenoxy) is 1. The fourth-order valence-electron chi connectivity index (χ4n) is 3.45. The number of fused-ring (bicyclic) bond motifs is 1. The zero-order valence-corrected chi connectivity index (χ0v) is 21.2. The van der Waals surface area contributed by atoms with E-state index in [4.69, 9.17) is 21.3 Å². The Balaban J connectivity index is 1.88. The number of thioether (sulfide) groups is 1. The first-order valence-corrected chi connectivity index (χ1v) is 12.3. The largest absolute Gasteiger partial charge is 0.379 e. The molecule has 1 unspecified atom stereocenters. The highest BCUT2D eigenvalue weighted by Gasteiger charge is 2.21. The smallest absolute Gasteiger partial charge is 0.262 e. The molecule has 6 nitrogen and oxygen atoms in total. The highest BCUT2D eigenvalue weighted by molar-refractivity contribution is 8.00. The summed E-state index contributed by atoms with van der Waals surface area (Å²) < 4.78 is 7.26. The van der Waals surface area contributed by atoms with Crippen molar-refractivity contribution in [3.63, 3.8) is 0 Å². The molecule has 2 aromatic carbocycles. The number of rotatable bonds is 9. The van der Waals surface area contributed by atoms with E-state index < -0.39 is 5.25 Å². The van der Waals surface area contributed by atoms with Gasteiger partial charge in [-0.05, 0) is 70.4 Å². The van der Waals surface area contributed by atoms with Crippen LogP contribution in [0.3, 0.4) is 0 Å². The molecule has 0 aliphatic carbocycles. The van der Waals surface area contributed by atoms with Crippen LogP contribution in [0.5, 0.6) is 0 Å². The van der Waals surface area contributed by atoms with E-state index in [1.165, 1.54) is 11.8 Å². The van der Waals surface area contributed by atoms with Crippen molar-refractivity contribution in [1.29, 1.82) is 0 Å². The number of anilines is 1. The van der Waals surface area contributed by atoms with Crippen molar-refractivity contribution in [3.8, 4) is 0 Å². The Kier molecular flexibility index (Phi) is 8.57. The molecule has 0 spiro atoms. The average molecular weight is 488 g/mol. The van der Waals surface area contributed by atoms with Gasteiger partial charge in [-0.3, -0.25) is 14.2 Å². The number of carbonyl (C=O) groups is 1. The number of nitrogens with one attached hydrogen (secondary N) is 1. The number of nitrogens with zero attached hydrogens (tertiary/aromatic N) is 2. The van der Waals surface area contributed by atoms with Gasteiger partial charge in [0.2, 0.25) is 5.91 Å². The van der Waals surface area contributed by atoms with Crippen molar-refractivity contribution in [2.75, 3.05) is 11.9 Å². The van der Waals surface area contributed by atoms with E-state index in [9.17, 15) is 9.59 Å². The van der Waals surface area contributed by atoms with Crippen molar-refractivity contribution < 1.29 is 9.53 Å². The molecule has 0 aliphatic heterocycles. The van der Waals surface area contributed by atoms with E-state index in [-0.39, 0.29) is 17.6 Å². The number of aromatic nitrogens is 2. The summed E-state index contributed by atoms with van der Waals surface area (Å²) in [5, 5.41) is 4.06. The van der Waals surface area contributed by atoms with Crippen LogP contribution in [-0.4, -0.2) is 33.4 Å². The van der Waals surface area contributed by atoms with Crippen molar-refractivity contribution in [2.45, 2.75) is 64.1 Å². The minimum absolute atomic E-state index is 0.126. The van der Waals surface area contributed by atoms with E-state index >= 15 is 0 Å². The third kappa shape index (κ3) is 6.37. The number of aryl methyl sites for hydroxylation is 2. The molecule has 33 heavy (non-hydrogen) atoms. The van der Waals surface area contributed by atoms with Gasteiger partial charge < -0.3 is 10.1 Å². The molecule has 176 valence electrons. The molecule has 1 amide bonds. The Morgan fingerprint density at radius 1 is 1.18 bits per heavy atom. The first kappa shape index (κ1) is 25.3. The molecule has 3 rings (SSSR count). The molecule has 0 saturated carbocycles. The van der Waals surface area contributed by atoms with Crippen LogP contribution in [0.25, 0.3) is 10.9 Å². The third-order valence-electron chi connectivity index (χ3n) is 5.24. The molecule has 1 aromatic heterocycles. The van der Waals surface area contributed by atoms with Gasteiger partial charge in [0.1, 0.15) is 0 Å². The van der Waals surface area contributed by atoms with Crippen LogP contribution in [0, 0.1) is 13.8 Å². The number of hydrogen-bond acceptors (Lipinski definition) is 5. The molecule has 1 atom stereocenters. The lowest BCUT2D eigenvalue weighted by molar-refractivity contribution is -0.115. The fourth-order valence-corrected chi connectivity index (χ4v) is 4.55. The van der Waals surface area contributed by atoms with Gasteiger partial charge in [-0.25, -0.2) is 4.98 Å². The quantitative estimate of drug-likeness (QED) is 0.241. The van der Waals surface area contributed by atoms with Crippen molar-refractivity contribution in [3.05, 3.63) is 62.9 Å². The average Bonchev–Trinajstić information content (AvgIpc) is 2.75. The normalized spacial score (nSPS) is 12.3. The van der Waals surface area contributed by atoms with Crippen LogP contribution in [0.1, 0.15) is 38.3 Å². The highest BCUT2D eigenvalue weighted by atomic mass is 35.5. The summed E-state index contributed by atoms with van der Waals surface area (Å²) in [6.07, 6.45) is 0.788. The SMILES string of the molecule is Cc1cccc(C)c1NC(=O)C(C)Sc1nc2cc(Cl)ccc2c(=O)n1CCCOC(C)C. The molecular weight excluding hydrogens is 458 g/mol. The van der Waals surface area contributed by atoms with Gasteiger partial charge in [-0.1, -0.05) is 41.6 Å². The summed E-state index contributed by atoms with van der Waals surface area (Å²) in [7, 11) is 0. The van der Waals surface area contributed by atoms with Crippen molar-refractivity contribution in [1.82, 2.24) is 9.55 Å². The number of halogens is 1. The topological polar surface area (TPSA) is 73.2 Å². The summed E-state index contributed by atoms with van der Waals surface area (Å²) in [6.45, 7) is 10.7. The van der Waals surface area contributed by atoms with Crippen molar-refractivity contribution >= 4 is 45.9 Å². The number of hydrogen-bond donors (Lipinski definition) is 1. The standard InChI is InChI=1S/C25H30ClN3O3S/c1-15(2)32-13-7-12-29-24(31)20-11-10-19(26)14-21(20)27-25(29)33-18(5)23(30)28-22-16(3)8-6-9-17(22)4/h6,8-11,14-15,18H,7,12-13H2,1-5H3,(H,28,30). The molecular formula is C25H30ClN3O3S. The van der Waals surface area contributed by atoms with E-state index in [0.29, 0.717) is 40.7 Å². The van der Waals surface area contributed by atoms with Gasteiger partial charge in [0, 0.05) is 23.9 Å². The second-order valence-corrected chi connectivity index (χ2v) is 10.0. The molecule has 1 N–H and O–H groups in total. The van der Waals surface area contributed by atoms with Crippen molar-refractivity contribution in [2.24, 2.45) is 0 Å². The fraction of sp³-hybridized carbons (Fsp3) is 0.400. The second kappa shape index (κ2) is 11.2. The maximum absolute atomic E-state index is 13.2. The number of para-hydroxylation sites is 1. The second-order valence-electron chi connectivity index (χ2n) is 8.30. The van der Waals surface area contributed by atoms with Gasteiger partial charge in [-0.2, -0.15) is 0 Å². The Hall–Kier alpha value is -2.35. The van der Waals surface area contributed by atoms with E-state index in [1.807, 2.05) is 52.8 Å². The predicted octanol–water partition coefficient (Wildman–Crippen LogP) is 5.60. The number of amides is 1. The van der Waals surface area contributed by atoms with Gasteiger partial charge in [0.15, 0.2) is 5.16 Å². The molecule has 0 fully saturated rings. The Morgan fingerprint density at radius 3 is 2.55 bits per heavy atom. The Morgan fingerprint density at radius 2 is 1.88 bits per heavy atom. The molecule has 8 heteroatoms. The minimum Gasteiger partial charge on any atom is -0.379 e. The van der Waals surface area contributed by atoms with Gasteiger partial charge in [0.25, 0.3) is 5.56 Å². The summed E-state index contributed by atoms with van der Waals surface area (Å²) in [5.74, 6) is -0.146. The van der Waals surface area contributed by atoms with Crippen LogP contribution in [0.15, 0.2) is 46.3 Å². The lowest BCUT2D eigenvalue weighted by Crippen LogP contribution is -2.28. The van der Waals surface area contributed by atoms with Gasteiger partial charge in [-0.15, -0.1) is 0 Å². The lowest BCUT2D eigenvalue weighted by atomic mass is 10.1. The van der Waals surface area contributed by atoms with E-state index in [0.717, 1.165) is 16.8 Å². The van der Waals surface area contributed by atoms with Gasteiger partial charge in [0.05, 0.1) is 22.3 Å². The monoisotopic (exact) mass is 487 g/mol. The summed E-state index contributed by atoms with van der Waals surface area (Å²) in [5.41, 5.74) is 3.19. The molecule has 0 bridgehead atoms. The van der Waals surface area contributed by atoms with Crippen LogP contribution in [-0.2, 0) is 16.1 Å². The number of benzene rings is 2. The first-order chi connectivity index (χ1) is 15.7. The Bertz CT molecular complexity index is 1190. The predicted molar refractivity (Wildman–Crippen MR) is 137 cm³/mol.